The SMILES string of the molecule is CCCC(=O)Nc1noc(COC)n1. The molecular formula is C8H13N3O3. The Bertz CT molecular complexity index is 298. The van der Waals surface area contributed by atoms with Crippen molar-refractivity contribution in [2.45, 2.75) is 26.4 Å². The molecule has 1 aromatic rings. The number of hydrogen-bond acceptors (Lipinski definition) is 5. The zero-order valence-corrected chi connectivity index (χ0v) is 8.24. The van der Waals surface area contributed by atoms with E-state index in [-0.39, 0.29) is 18.5 Å². The third-order valence-electron chi connectivity index (χ3n) is 1.46. The van der Waals surface area contributed by atoms with Gasteiger partial charge in [0.05, 0.1) is 0 Å². The highest BCUT2D eigenvalue weighted by molar-refractivity contribution is 5.88. The van der Waals surface area contributed by atoms with Crippen molar-refractivity contribution in [3.63, 3.8) is 0 Å². The number of methoxy groups -OCH3 is 1. The van der Waals surface area contributed by atoms with E-state index in [1.165, 1.54) is 7.11 Å². The fourth-order valence-electron chi connectivity index (χ4n) is 0.902. The van der Waals surface area contributed by atoms with Crippen molar-refractivity contribution in [2.24, 2.45) is 0 Å². The van der Waals surface area contributed by atoms with Crippen LogP contribution in [0.1, 0.15) is 25.7 Å². The summed E-state index contributed by atoms with van der Waals surface area (Å²) in [7, 11) is 1.53. The summed E-state index contributed by atoms with van der Waals surface area (Å²) in [5, 5.41) is 6.07. The standard InChI is InChI=1S/C8H13N3O3/c1-3-4-6(12)9-8-10-7(5-13-2)14-11-8/h3-5H2,1-2H3,(H,9,11,12). The Balaban J connectivity index is 2.46. The van der Waals surface area contributed by atoms with Crippen LogP contribution in [0.15, 0.2) is 4.52 Å². The summed E-state index contributed by atoms with van der Waals surface area (Å²) >= 11 is 0. The van der Waals surface area contributed by atoms with Gasteiger partial charge in [0.1, 0.15) is 6.61 Å². The van der Waals surface area contributed by atoms with Crippen molar-refractivity contribution in [3.8, 4) is 0 Å². The highest BCUT2D eigenvalue weighted by atomic mass is 16.5. The lowest BCUT2D eigenvalue weighted by molar-refractivity contribution is -0.116. The molecule has 1 amide bonds. The number of nitrogens with zero attached hydrogens (tertiary/aromatic N) is 2. The topological polar surface area (TPSA) is 77.2 Å². The molecule has 0 fully saturated rings. The molecule has 14 heavy (non-hydrogen) atoms. The van der Waals surface area contributed by atoms with Crippen molar-refractivity contribution in [1.82, 2.24) is 10.1 Å². The van der Waals surface area contributed by atoms with Crippen molar-refractivity contribution in [2.75, 3.05) is 12.4 Å². The Morgan fingerprint density at radius 3 is 3.07 bits per heavy atom. The molecule has 0 saturated carbocycles. The summed E-state index contributed by atoms with van der Waals surface area (Å²) in [6.45, 7) is 2.17. The first-order valence-electron chi connectivity index (χ1n) is 4.37. The molecule has 0 bridgehead atoms. The molecule has 0 aromatic carbocycles. The van der Waals surface area contributed by atoms with E-state index in [2.05, 4.69) is 15.5 Å². The lowest BCUT2D eigenvalue weighted by Gasteiger charge is -1.95. The Morgan fingerprint density at radius 1 is 1.64 bits per heavy atom. The van der Waals surface area contributed by atoms with Crippen LogP contribution in [0.5, 0.6) is 0 Å². The molecule has 0 radical (unpaired) electrons. The van der Waals surface area contributed by atoms with Gasteiger partial charge in [0.2, 0.25) is 5.91 Å². The quantitative estimate of drug-likeness (QED) is 0.764. The average Bonchev–Trinajstić information content (AvgIpc) is 2.53. The number of nitrogens with one attached hydrogen (secondary N) is 1. The maximum atomic E-state index is 11.1. The number of anilines is 1. The number of carbonyl (C=O) groups excluding carboxylic acids is 1. The Kier molecular flexibility index (Phi) is 4.06. The lowest BCUT2D eigenvalue weighted by Crippen LogP contribution is -2.11. The second-order valence-corrected chi connectivity index (χ2v) is 2.74. The molecule has 6 heteroatoms. The summed E-state index contributed by atoms with van der Waals surface area (Å²) in [6.07, 6.45) is 1.24. The van der Waals surface area contributed by atoms with Gasteiger partial charge in [-0.1, -0.05) is 6.92 Å². The van der Waals surface area contributed by atoms with Gasteiger partial charge in [-0.15, -0.1) is 0 Å². The number of rotatable bonds is 5. The van der Waals surface area contributed by atoms with E-state index in [1.807, 2.05) is 6.92 Å². The Labute approximate surface area is 81.6 Å². The van der Waals surface area contributed by atoms with E-state index in [9.17, 15) is 4.79 Å². The smallest absolute Gasteiger partial charge is 0.270 e. The van der Waals surface area contributed by atoms with Crippen LogP contribution in [-0.4, -0.2) is 23.2 Å². The van der Waals surface area contributed by atoms with Gasteiger partial charge in [-0.05, 0) is 11.6 Å². The van der Waals surface area contributed by atoms with Crippen molar-refractivity contribution < 1.29 is 14.1 Å². The summed E-state index contributed by atoms with van der Waals surface area (Å²) in [6, 6.07) is 0. The van der Waals surface area contributed by atoms with E-state index in [1.54, 1.807) is 0 Å². The van der Waals surface area contributed by atoms with Gasteiger partial charge < -0.3 is 9.26 Å². The first-order chi connectivity index (χ1) is 6.76. The number of aromatic nitrogens is 2. The lowest BCUT2D eigenvalue weighted by atomic mass is 10.3. The van der Waals surface area contributed by atoms with E-state index in [0.29, 0.717) is 12.3 Å². The van der Waals surface area contributed by atoms with Gasteiger partial charge in [0.15, 0.2) is 0 Å². The van der Waals surface area contributed by atoms with Crippen LogP contribution in [-0.2, 0) is 16.1 Å². The minimum atomic E-state index is -0.114. The van der Waals surface area contributed by atoms with Crippen LogP contribution in [0.25, 0.3) is 0 Å². The predicted molar refractivity (Wildman–Crippen MR) is 48.5 cm³/mol. The number of amides is 1. The molecule has 0 saturated heterocycles. The van der Waals surface area contributed by atoms with E-state index in [4.69, 9.17) is 9.26 Å². The van der Waals surface area contributed by atoms with Crippen molar-refractivity contribution >= 4 is 11.9 Å². The predicted octanol–water partition coefficient (Wildman–Crippen LogP) is 0.955. The molecule has 78 valence electrons. The summed E-state index contributed by atoms with van der Waals surface area (Å²) in [4.78, 5) is 15.0. The molecular weight excluding hydrogens is 186 g/mol. The van der Waals surface area contributed by atoms with Crippen LogP contribution < -0.4 is 5.32 Å². The van der Waals surface area contributed by atoms with Crippen LogP contribution in [0.4, 0.5) is 5.95 Å². The monoisotopic (exact) mass is 199 g/mol. The van der Waals surface area contributed by atoms with Gasteiger partial charge in [0, 0.05) is 13.5 Å². The normalized spacial score (nSPS) is 10.1. The molecule has 0 aliphatic carbocycles. The van der Waals surface area contributed by atoms with Crippen molar-refractivity contribution in [3.05, 3.63) is 5.89 Å². The van der Waals surface area contributed by atoms with Gasteiger partial charge >= 0.3 is 0 Å². The molecule has 1 N–H and O–H groups in total. The third kappa shape index (κ3) is 3.14. The molecule has 0 atom stereocenters. The third-order valence-corrected chi connectivity index (χ3v) is 1.46. The fourth-order valence-corrected chi connectivity index (χ4v) is 0.902. The first kappa shape index (κ1) is 10.6. The van der Waals surface area contributed by atoms with Crippen LogP contribution >= 0.6 is 0 Å². The number of carbonyl (C=O) groups is 1. The molecule has 1 aromatic heterocycles. The minimum Gasteiger partial charge on any atom is -0.375 e. The zero-order valence-electron chi connectivity index (χ0n) is 8.24. The highest BCUT2D eigenvalue weighted by Crippen LogP contribution is 2.03. The molecule has 0 aliphatic heterocycles. The van der Waals surface area contributed by atoms with Crippen molar-refractivity contribution in [1.29, 1.82) is 0 Å². The second-order valence-electron chi connectivity index (χ2n) is 2.74. The van der Waals surface area contributed by atoms with E-state index >= 15 is 0 Å². The van der Waals surface area contributed by atoms with E-state index in [0.717, 1.165) is 6.42 Å². The average molecular weight is 199 g/mol. The molecule has 0 unspecified atom stereocenters. The molecule has 0 spiro atoms. The Morgan fingerprint density at radius 2 is 2.43 bits per heavy atom. The maximum absolute atomic E-state index is 11.1. The Hall–Kier alpha value is -1.43. The van der Waals surface area contributed by atoms with Crippen LogP contribution in [0.3, 0.4) is 0 Å². The summed E-state index contributed by atoms with van der Waals surface area (Å²) < 4.78 is 9.57. The van der Waals surface area contributed by atoms with Gasteiger partial charge in [0.25, 0.3) is 11.8 Å². The fraction of sp³-hybridized carbons (Fsp3) is 0.625. The maximum Gasteiger partial charge on any atom is 0.270 e. The molecule has 0 aliphatic rings. The number of ether oxygens (including phenoxy) is 1. The van der Waals surface area contributed by atoms with Crippen LogP contribution in [0.2, 0.25) is 0 Å². The van der Waals surface area contributed by atoms with Gasteiger partial charge in [-0.3, -0.25) is 10.1 Å². The molecule has 1 heterocycles. The number of hydrogen-bond donors (Lipinski definition) is 1. The molecule has 1 rings (SSSR count). The summed E-state index contributed by atoms with van der Waals surface area (Å²) in [5.74, 6) is 0.423. The largest absolute Gasteiger partial charge is 0.375 e. The summed E-state index contributed by atoms with van der Waals surface area (Å²) in [5.41, 5.74) is 0. The van der Waals surface area contributed by atoms with E-state index < -0.39 is 0 Å². The molecule has 6 nitrogen and oxygen atoms in total. The first-order valence-corrected chi connectivity index (χ1v) is 4.37. The zero-order chi connectivity index (χ0) is 10.4. The van der Waals surface area contributed by atoms with Crippen LogP contribution in [0, 0.1) is 0 Å². The second kappa shape index (κ2) is 5.33. The van der Waals surface area contributed by atoms with Gasteiger partial charge in [-0.25, -0.2) is 0 Å². The minimum absolute atomic E-state index is 0.114. The van der Waals surface area contributed by atoms with Gasteiger partial charge in [-0.2, -0.15) is 4.98 Å². The highest BCUT2D eigenvalue weighted by Gasteiger charge is 2.08.